The summed E-state index contributed by atoms with van der Waals surface area (Å²) in [5.74, 6) is 1.85. The molecule has 0 amide bonds. The topological polar surface area (TPSA) is 57.2 Å². The summed E-state index contributed by atoms with van der Waals surface area (Å²) in [5, 5.41) is 3.48. The summed E-state index contributed by atoms with van der Waals surface area (Å²) in [6.45, 7) is 8.82. The molecule has 0 aromatic rings. The van der Waals surface area contributed by atoms with Gasteiger partial charge in [-0.2, -0.15) is 0 Å². The van der Waals surface area contributed by atoms with Gasteiger partial charge in [-0.05, 0) is 64.1 Å². The zero-order chi connectivity index (χ0) is 18.1. The molecular weight excluding hydrogens is 316 g/mol. The van der Waals surface area contributed by atoms with Gasteiger partial charge < -0.3 is 19.9 Å². The van der Waals surface area contributed by atoms with Crippen molar-refractivity contribution >= 4 is 11.9 Å². The monoisotopic (exact) mass is 352 g/mol. The maximum absolute atomic E-state index is 11.6. The molecule has 2 aliphatic heterocycles. The molecule has 2 heterocycles. The number of rotatable bonds is 6. The first-order chi connectivity index (χ1) is 12.1. The van der Waals surface area contributed by atoms with E-state index in [1.165, 1.54) is 52.4 Å². The average Bonchev–Trinajstić information content (AvgIpc) is 2.65. The van der Waals surface area contributed by atoms with Crippen molar-refractivity contribution in [2.75, 3.05) is 53.4 Å². The molecule has 2 fully saturated rings. The van der Waals surface area contributed by atoms with Crippen LogP contribution in [-0.2, 0) is 9.53 Å². The zero-order valence-corrected chi connectivity index (χ0v) is 16.3. The van der Waals surface area contributed by atoms with Gasteiger partial charge in [0.15, 0.2) is 5.96 Å². The van der Waals surface area contributed by atoms with E-state index < -0.39 is 0 Å². The van der Waals surface area contributed by atoms with Crippen LogP contribution >= 0.6 is 0 Å². The third-order valence-electron chi connectivity index (χ3n) is 5.60. The summed E-state index contributed by atoms with van der Waals surface area (Å²) >= 11 is 0. The highest BCUT2D eigenvalue weighted by Gasteiger charge is 2.26. The number of nitrogens with zero attached hydrogens (tertiary/aromatic N) is 3. The molecule has 0 spiro atoms. The third-order valence-corrected chi connectivity index (χ3v) is 5.60. The van der Waals surface area contributed by atoms with Gasteiger partial charge in [-0.1, -0.05) is 6.92 Å². The summed E-state index contributed by atoms with van der Waals surface area (Å²) in [5.41, 5.74) is 0. The maximum Gasteiger partial charge on any atom is 0.308 e. The Morgan fingerprint density at radius 1 is 1.12 bits per heavy atom. The highest BCUT2D eigenvalue weighted by molar-refractivity contribution is 5.80. The van der Waals surface area contributed by atoms with E-state index in [1.807, 2.05) is 7.05 Å². The Balaban J connectivity index is 1.59. The number of carbonyl (C=O) groups is 1. The number of methoxy groups -OCH3 is 1. The van der Waals surface area contributed by atoms with Gasteiger partial charge in [0.05, 0.1) is 13.0 Å². The molecule has 0 saturated carbocycles. The number of ether oxygens (including phenoxy) is 1. The Morgan fingerprint density at radius 3 is 2.40 bits per heavy atom. The van der Waals surface area contributed by atoms with Gasteiger partial charge in [0.1, 0.15) is 0 Å². The summed E-state index contributed by atoms with van der Waals surface area (Å²) in [7, 11) is 3.31. The van der Waals surface area contributed by atoms with Crippen LogP contribution in [0.4, 0.5) is 0 Å². The minimum Gasteiger partial charge on any atom is -0.469 e. The molecule has 0 unspecified atom stereocenters. The third kappa shape index (κ3) is 6.49. The highest BCUT2D eigenvalue weighted by atomic mass is 16.5. The van der Waals surface area contributed by atoms with Crippen LogP contribution in [0.3, 0.4) is 0 Å². The molecule has 2 aliphatic rings. The number of nitrogens with one attached hydrogen (secondary N) is 1. The number of esters is 1. The van der Waals surface area contributed by atoms with E-state index in [2.05, 4.69) is 27.0 Å². The molecule has 6 heteroatoms. The molecule has 0 aromatic carbocycles. The number of aliphatic imine (C=N–C) groups is 1. The van der Waals surface area contributed by atoms with Crippen LogP contribution in [0.2, 0.25) is 0 Å². The molecular formula is C19H36N4O2. The second-order valence-corrected chi connectivity index (χ2v) is 7.49. The average molecular weight is 353 g/mol. The lowest BCUT2D eigenvalue weighted by atomic mass is 9.97. The van der Waals surface area contributed by atoms with Crippen molar-refractivity contribution in [3.05, 3.63) is 0 Å². The van der Waals surface area contributed by atoms with Gasteiger partial charge in [-0.25, -0.2) is 0 Å². The van der Waals surface area contributed by atoms with Crippen LogP contribution in [0.15, 0.2) is 4.99 Å². The molecule has 1 N–H and O–H groups in total. The standard InChI is InChI=1S/C19H36N4O2/c1-16-6-12-22(13-7-16)11-5-4-10-21-19(20-2)23-14-8-17(9-15-23)18(24)25-3/h16-17H,4-15H2,1-3H3,(H,20,21). The molecule has 0 bridgehead atoms. The van der Waals surface area contributed by atoms with Crippen LogP contribution in [0.1, 0.15) is 45.4 Å². The molecule has 144 valence electrons. The van der Waals surface area contributed by atoms with Crippen molar-refractivity contribution in [2.45, 2.75) is 45.4 Å². The number of guanidine groups is 1. The van der Waals surface area contributed by atoms with Gasteiger partial charge in [0.25, 0.3) is 0 Å². The molecule has 6 nitrogen and oxygen atoms in total. The lowest BCUT2D eigenvalue weighted by molar-refractivity contribution is -0.146. The van der Waals surface area contributed by atoms with Crippen molar-refractivity contribution < 1.29 is 9.53 Å². The Morgan fingerprint density at radius 2 is 1.80 bits per heavy atom. The fourth-order valence-electron chi connectivity index (χ4n) is 3.77. The zero-order valence-electron chi connectivity index (χ0n) is 16.3. The number of piperidine rings is 2. The first kappa shape index (κ1) is 20.0. The molecule has 0 aromatic heterocycles. The molecule has 0 aliphatic carbocycles. The van der Waals surface area contributed by atoms with Crippen molar-refractivity contribution in [3.63, 3.8) is 0 Å². The SMILES string of the molecule is CN=C(NCCCCN1CCC(C)CC1)N1CCC(C(=O)OC)CC1. The van der Waals surface area contributed by atoms with Crippen LogP contribution in [0.5, 0.6) is 0 Å². The van der Waals surface area contributed by atoms with Crippen molar-refractivity contribution in [2.24, 2.45) is 16.8 Å². The Hall–Kier alpha value is -1.30. The molecule has 2 rings (SSSR count). The number of unbranched alkanes of at least 4 members (excludes halogenated alkanes) is 1. The van der Waals surface area contributed by atoms with E-state index in [4.69, 9.17) is 4.74 Å². The van der Waals surface area contributed by atoms with E-state index in [9.17, 15) is 4.79 Å². The van der Waals surface area contributed by atoms with E-state index >= 15 is 0 Å². The maximum atomic E-state index is 11.6. The summed E-state index contributed by atoms with van der Waals surface area (Å²) in [6, 6.07) is 0. The summed E-state index contributed by atoms with van der Waals surface area (Å²) in [4.78, 5) is 20.9. The minimum absolute atomic E-state index is 0.0478. The summed E-state index contributed by atoms with van der Waals surface area (Å²) < 4.78 is 4.85. The fraction of sp³-hybridized carbons (Fsp3) is 0.895. The number of hydrogen-bond donors (Lipinski definition) is 1. The number of likely N-dealkylation sites (tertiary alicyclic amines) is 2. The second kappa shape index (κ2) is 10.6. The van der Waals surface area contributed by atoms with Gasteiger partial charge >= 0.3 is 5.97 Å². The van der Waals surface area contributed by atoms with E-state index in [1.54, 1.807) is 0 Å². The van der Waals surface area contributed by atoms with Crippen LogP contribution in [0, 0.1) is 11.8 Å². The van der Waals surface area contributed by atoms with Gasteiger partial charge in [-0.3, -0.25) is 9.79 Å². The van der Waals surface area contributed by atoms with E-state index in [0.29, 0.717) is 0 Å². The smallest absolute Gasteiger partial charge is 0.308 e. The normalized spacial score (nSPS) is 21.4. The fourth-order valence-corrected chi connectivity index (χ4v) is 3.77. The highest BCUT2D eigenvalue weighted by Crippen LogP contribution is 2.18. The predicted molar refractivity (Wildman–Crippen MR) is 102 cm³/mol. The lowest BCUT2D eigenvalue weighted by Gasteiger charge is -2.33. The molecule has 0 atom stereocenters. The summed E-state index contributed by atoms with van der Waals surface area (Å²) in [6.07, 6.45) is 6.81. The second-order valence-electron chi connectivity index (χ2n) is 7.49. The predicted octanol–water partition coefficient (Wildman–Crippen LogP) is 1.96. The van der Waals surface area contributed by atoms with Gasteiger partial charge in [0, 0.05) is 26.7 Å². The lowest BCUT2D eigenvalue weighted by Crippen LogP contribution is -2.47. The Kier molecular flexibility index (Phi) is 8.52. The largest absolute Gasteiger partial charge is 0.469 e. The Bertz CT molecular complexity index is 425. The number of hydrogen-bond acceptors (Lipinski definition) is 4. The van der Waals surface area contributed by atoms with Crippen molar-refractivity contribution in [1.82, 2.24) is 15.1 Å². The first-order valence-electron chi connectivity index (χ1n) is 9.89. The Labute approximate surface area is 153 Å². The van der Waals surface area contributed by atoms with Gasteiger partial charge in [-0.15, -0.1) is 0 Å². The van der Waals surface area contributed by atoms with Crippen LogP contribution < -0.4 is 5.32 Å². The van der Waals surface area contributed by atoms with Gasteiger partial charge in [0.2, 0.25) is 0 Å². The van der Waals surface area contributed by atoms with Crippen molar-refractivity contribution in [3.8, 4) is 0 Å². The molecule has 25 heavy (non-hydrogen) atoms. The quantitative estimate of drug-likeness (QED) is 0.343. The molecule has 2 saturated heterocycles. The van der Waals surface area contributed by atoms with E-state index in [0.717, 1.165) is 44.4 Å². The van der Waals surface area contributed by atoms with Crippen LogP contribution in [-0.4, -0.2) is 75.2 Å². The van der Waals surface area contributed by atoms with Crippen molar-refractivity contribution in [1.29, 1.82) is 0 Å². The van der Waals surface area contributed by atoms with Crippen LogP contribution in [0.25, 0.3) is 0 Å². The number of carbonyl (C=O) groups excluding carboxylic acids is 1. The minimum atomic E-state index is -0.0743. The first-order valence-corrected chi connectivity index (χ1v) is 9.89. The molecule has 0 radical (unpaired) electrons. The van der Waals surface area contributed by atoms with E-state index in [-0.39, 0.29) is 11.9 Å².